The first-order valence-corrected chi connectivity index (χ1v) is 11.0. The predicted octanol–water partition coefficient (Wildman–Crippen LogP) is 1.55. The Hall–Kier alpha value is -2.51. The third-order valence-corrected chi connectivity index (χ3v) is 6.73. The highest BCUT2D eigenvalue weighted by Crippen LogP contribution is 2.28. The summed E-state index contributed by atoms with van der Waals surface area (Å²) in [6.45, 7) is 2.75. The van der Waals surface area contributed by atoms with Gasteiger partial charge in [-0.25, -0.2) is 17.9 Å². The van der Waals surface area contributed by atoms with Gasteiger partial charge in [0, 0.05) is 44.8 Å². The zero-order valence-electron chi connectivity index (χ0n) is 16.4. The highest BCUT2D eigenvalue weighted by Gasteiger charge is 2.38. The first kappa shape index (κ1) is 23.2. The normalized spacial score (nSPS) is 19.3. The number of hydrogen-bond acceptors (Lipinski definition) is 6. The molecular formula is C18H22F3N5O4S. The molecule has 31 heavy (non-hydrogen) atoms. The fraction of sp³-hybridized carbons (Fsp3) is 0.500. The van der Waals surface area contributed by atoms with Crippen LogP contribution in [0.1, 0.15) is 30.1 Å². The molecule has 2 N–H and O–H groups in total. The summed E-state index contributed by atoms with van der Waals surface area (Å²) in [6, 6.07) is 6.00. The molecule has 1 atom stereocenters. The van der Waals surface area contributed by atoms with E-state index in [0.29, 0.717) is 6.54 Å². The van der Waals surface area contributed by atoms with Crippen LogP contribution in [-0.4, -0.2) is 63.7 Å². The van der Waals surface area contributed by atoms with E-state index in [2.05, 4.69) is 25.8 Å². The summed E-state index contributed by atoms with van der Waals surface area (Å²) in [6.07, 6.45) is 1.90. The molecule has 0 saturated heterocycles. The van der Waals surface area contributed by atoms with Gasteiger partial charge in [-0.05, 0) is 30.5 Å². The lowest BCUT2D eigenvalue weighted by atomic mass is 10.1. The molecule has 0 bridgehead atoms. The van der Waals surface area contributed by atoms with Crippen molar-refractivity contribution in [2.75, 3.05) is 13.1 Å². The van der Waals surface area contributed by atoms with Crippen LogP contribution < -0.4 is 4.72 Å². The van der Waals surface area contributed by atoms with E-state index >= 15 is 0 Å². The zero-order chi connectivity index (χ0) is 22.6. The number of carboxylic acids is 1. The smallest absolute Gasteiger partial charge is 0.475 e. The fourth-order valence-electron chi connectivity index (χ4n) is 3.19. The molecule has 170 valence electrons. The number of pyridine rings is 1. The Bertz CT molecular complexity index is 993. The van der Waals surface area contributed by atoms with E-state index in [-0.39, 0.29) is 11.3 Å². The monoisotopic (exact) mass is 461 g/mol. The van der Waals surface area contributed by atoms with Crippen molar-refractivity contribution >= 4 is 16.0 Å². The van der Waals surface area contributed by atoms with Crippen LogP contribution in [0.25, 0.3) is 0 Å². The van der Waals surface area contributed by atoms with E-state index in [1.54, 1.807) is 12.4 Å². The molecule has 1 aliphatic carbocycles. The minimum atomic E-state index is -5.08. The van der Waals surface area contributed by atoms with Crippen LogP contribution in [0, 0.1) is 0 Å². The van der Waals surface area contributed by atoms with Gasteiger partial charge >= 0.3 is 12.1 Å². The molecular weight excluding hydrogens is 439 g/mol. The summed E-state index contributed by atoms with van der Waals surface area (Å²) in [5.41, 5.74) is 2.27. The number of rotatable bonds is 6. The minimum absolute atomic E-state index is 0.00828. The molecule has 1 unspecified atom stereocenters. The molecule has 1 fully saturated rings. The third-order valence-electron chi connectivity index (χ3n) is 4.81. The second-order valence-corrected chi connectivity index (χ2v) is 9.39. The van der Waals surface area contributed by atoms with E-state index < -0.39 is 22.2 Å². The average molecular weight is 461 g/mol. The maximum absolute atomic E-state index is 12.1. The molecule has 0 aromatic carbocycles. The fourth-order valence-corrected chi connectivity index (χ4v) is 4.61. The van der Waals surface area contributed by atoms with Crippen LogP contribution in [0.5, 0.6) is 0 Å². The molecule has 0 radical (unpaired) electrons. The van der Waals surface area contributed by atoms with Crippen molar-refractivity contribution in [3.05, 3.63) is 48.0 Å². The zero-order valence-corrected chi connectivity index (χ0v) is 17.2. The maximum Gasteiger partial charge on any atom is 0.490 e. The minimum Gasteiger partial charge on any atom is -0.475 e. The number of carboxylic acid groups (broad SMARTS) is 1. The Morgan fingerprint density at radius 1 is 1.26 bits per heavy atom. The van der Waals surface area contributed by atoms with Gasteiger partial charge in [0.25, 0.3) is 0 Å². The summed E-state index contributed by atoms with van der Waals surface area (Å²) < 4.78 is 60.7. The van der Waals surface area contributed by atoms with E-state index in [4.69, 9.17) is 9.90 Å². The first-order valence-electron chi connectivity index (χ1n) is 9.48. The molecule has 3 heterocycles. The summed E-state index contributed by atoms with van der Waals surface area (Å²) in [5.74, 6) is -2.76. The lowest BCUT2D eigenvalue weighted by Gasteiger charge is -2.34. The number of aliphatic carboxylic acids is 1. The lowest BCUT2D eigenvalue weighted by molar-refractivity contribution is -0.192. The van der Waals surface area contributed by atoms with Gasteiger partial charge in [0.15, 0.2) is 0 Å². The number of fused-ring (bicyclic) bond motifs is 1. The Morgan fingerprint density at radius 3 is 2.55 bits per heavy atom. The molecule has 2 aromatic rings. The SMILES string of the molecule is O=C(O)C(F)(F)F.O=S(=O)(NCC1CN(Cc2cccnc2)Cc2ccnn21)C1CC1. The number of aromatic nitrogens is 3. The molecule has 2 aromatic heterocycles. The van der Waals surface area contributed by atoms with E-state index in [9.17, 15) is 21.6 Å². The van der Waals surface area contributed by atoms with Crippen molar-refractivity contribution in [2.45, 2.75) is 43.4 Å². The van der Waals surface area contributed by atoms with Crippen LogP contribution in [0.2, 0.25) is 0 Å². The van der Waals surface area contributed by atoms with E-state index in [0.717, 1.165) is 43.7 Å². The number of nitrogens with zero attached hydrogens (tertiary/aromatic N) is 4. The molecule has 0 amide bonds. The Morgan fingerprint density at radius 2 is 1.97 bits per heavy atom. The van der Waals surface area contributed by atoms with Crippen LogP contribution in [0.3, 0.4) is 0 Å². The largest absolute Gasteiger partial charge is 0.490 e. The molecule has 1 saturated carbocycles. The second-order valence-electron chi connectivity index (χ2n) is 7.35. The summed E-state index contributed by atoms with van der Waals surface area (Å²) in [5, 5.41) is 11.3. The van der Waals surface area contributed by atoms with Gasteiger partial charge in [0.05, 0.1) is 17.0 Å². The topological polar surface area (TPSA) is 117 Å². The summed E-state index contributed by atoms with van der Waals surface area (Å²) in [4.78, 5) is 15.4. The molecule has 13 heteroatoms. The maximum atomic E-state index is 12.1. The first-order chi connectivity index (χ1) is 14.6. The molecule has 0 spiro atoms. The highest BCUT2D eigenvalue weighted by atomic mass is 32.2. The Balaban J connectivity index is 0.000000339. The van der Waals surface area contributed by atoms with Gasteiger partial charge in [0.2, 0.25) is 10.0 Å². The van der Waals surface area contributed by atoms with E-state index in [1.807, 2.05) is 23.0 Å². The molecule has 9 nitrogen and oxygen atoms in total. The van der Waals surface area contributed by atoms with Gasteiger partial charge < -0.3 is 5.11 Å². The molecule has 1 aliphatic heterocycles. The number of carbonyl (C=O) groups is 1. The predicted molar refractivity (Wildman–Crippen MR) is 103 cm³/mol. The highest BCUT2D eigenvalue weighted by molar-refractivity contribution is 7.90. The van der Waals surface area contributed by atoms with Crippen LogP contribution >= 0.6 is 0 Å². The number of halogens is 3. The number of nitrogens with one attached hydrogen (secondary N) is 1. The van der Waals surface area contributed by atoms with Crippen molar-refractivity contribution in [2.24, 2.45) is 0 Å². The van der Waals surface area contributed by atoms with Crippen molar-refractivity contribution in [3.63, 3.8) is 0 Å². The summed E-state index contributed by atoms with van der Waals surface area (Å²) >= 11 is 0. The third kappa shape index (κ3) is 6.48. The van der Waals surface area contributed by atoms with Gasteiger partial charge in [-0.2, -0.15) is 18.3 Å². The number of hydrogen-bond donors (Lipinski definition) is 2. The second kappa shape index (κ2) is 9.32. The Labute approximate surface area is 176 Å². The van der Waals surface area contributed by atoms with Crippen molar-refractivity contribution in [1.82, 2.24) is 24.4 Å². The molecule has 4 rings (SSSR count). The standard InChI is InChI=1S/C16H21N5O2S.C2HF3O2/c22-24(23,16-3-4-16)19-9-15-12-20(10-13-2-1-6-17-8-13)11-14-5-7-18-21(14)15;3-2(4,5)1(6)7/h1-2,5-8,15-16,19H,3-4,9-12H2;(H,6,7). The lowest BCUT2D eigenvalue weighted by Crippen LogP contribution is -2.43. The van der Waals surface area contributed by atoms with Crippen LogP contribution in [0.4, 0.5) is 13.2 Å². The van der Waals surface area contributed by atoms with Crippen molar-refractivity contribution in [3.8, 4) is 0 Å². The molecule has 2 aliphatic rings. The average Bonchev–Trinajstić information content (AvgIpc) is 3.46. The van der Waals surface area contributed by atoms with Crippen molar-refractivity contribution in [1.29, 1.82) is 0 Å². The Kier molecular flexibility index (Phi) is 6.96. The van der Waals surface area contributed by atoms with Gasteiger partial charge in [-0.3, -0.25) is 14.6 Å². The summed E-state index contributed by atoms with van der Waals surface area (Å²) in [7, 11) is -3.17. The van der Waals surface area contributed by atoms with Crippen LogP contribution in [0.15, 0.2) is 36.8 Å². The van der Waals surface area contributed by atoms with Gasteiger partial charge in [0.1, 0.15) is 0 Å². The van der Waals surface area contributed by atoms with Gasteiger partial charge in [-0.15, -0.1) is 0 Å². The van der Waals surface area contributed by atoms with Gasteiger partial charge in [-0.1, -0.05) is 6.07 Å². The van der Waals surface area contributed by atoms with Crippen molar-refractivity contribution < 1.29 is 31.5 Å². The number of alkyl halides is 3. The quantitative estimate of drug-likeness (QED) is 0.670. The number of sulfonamides is 1. The van der Waals surface area contributed by atoms with Crippen LogP contribution in [-0.2, 0) is 27.9 Å². The van der Waals surface area contributed by atoms with E-state index in [1.165, 1.54) is 0 Å².